The van der Waals surface area contributed by atoms with Crippen LogP contribution in [-0.2, 0) is 4.74 Å². The van der Waals surface area contributed by atoms with Crippen molar-refractivity contribution in [3.8, 4) is 28.6 Å². The van der Waals surface area contributed by atoms with Crippen molar-refractivity contribution in [2.45, 2.75) is 30.7 Å². The van der Waals surface area contributed by atoms with E-state index in [-0.39, 0.29) is 17.2 Å². The molecule has 1 saturated heterocycles. The summed E-state index contributed by atoms with van der Waals surface area (Å²) in [6.07, 6.45) is -7.15. The summed E-state index contributed by atoms with van der Waals surface area (Å²) < 4.78 is 16.6. The van der Waals surface area contributed by atoms with Gasteiger partial charge in [0.15, 0.2) is 0 Å². The summed E-state index contributed by atoms with van der Waals surface area (Å²) in [6, 6.07) is 10.6. The largest absolute Gasteiger partial charge is 0.508 e. The summed E-state index contributed by atoms with van der Waals surface area (Å²) in [6.45, 7) is -0.581. The highest BCUT2D eigenvalue weighted by molar-refractivity contribution is 5.84. The zero-order valence-corrected chi connectivity index (χ0v) is 15.0. The molecule has 9 nitrogen and oxygen atoms in total. The van der Waals surface area contributed by atoms with E-state index in [9.17, 15) is 30.6 Å². The Morgan fingerprint density at radius 2 is 1.66 bits per heavy atom. The van der Waals surface area contributed by atoms with Gasteiger partial charge in [-0.2, -0.15) is 0 Å². The summed E-state index contributed by atoms with van der Waals surface area (Å²) in [4.78, 5) is 0. The fourth-order valence-corrected chi connectivity index (χ4v) is 3.25. The lowest BCUT2D eigenvalue weighted by Crippen LogP contribution is -2.60. The van der Waals surface area contributed by atoms with E-state index in [0.717, 1.165) is 5.39 Å². The van der Waals surface area contributed by atoms with E-state index in [1.165, 1.54) is 30.3 Å². The van der Waals surface area contributed by atoms with Crippen LogP contribution >= 0.6 is 0 Å². The minimum absolute atomic E-state index is 0.0564. The number of hydrogen-bond donors (Lipinski definition) is 6. The standard InChI is InChI=1S/C20H20O9/c21-8-16-17(24)18(25)19(26)20(29-16)27-13-4-10(3-12(23)6-13)14-5-9-1-2-11(22)7-15(9)28-14/h1-7,16-26H,8H2/t16-,17+,18-,19+,20+/m0/s1. The lowest BCUT2D eigenvalue weighted by molar-refractivity contribution is -0.277. The third-order valence-electron chi connectivity index (χ3n) is 4.78. The molecular weight excluding hydrogens is 384 g/mol. The van der Waals surface area contributed by atoms with Crippen molar-refractivity contribution >= 4 is 11.0 Å². The van der Waals surface area contributed by atoms with Crippen molar-refractivity contribution in [2.75, 3.05) is 6.61 Å². The summed E-state index contributed by atoms with van der Waals surface area (Å²) in [7, 11) is 0. The van der Waals surface area contributed by atoms with E-state index >= 15 is 0 Å². The van der Waals surface area contributed by atoms with Crippen LogP contribution in [-0.4, -0.2) is 68.0 Å². The molecule has 2 aromatic carbocycles. The molecule has 0 saturated carbocycles. The van der Waals surface area contributed by atoms with Gasteiger partial charge in [-0.25, -0.2) is 0 Å². The van der Waals surface area contributed by atoms with Crippen LogP contribution in [0.25, 0.3) is 22.3 Å². The van der Waals surface area contributed by atoms with Crippen LogP contribution < -0.4 is 4.74 Å². The molecule has 1 aliphatic rings. The SMILES string of the molecule is OC[C@@H]1O[C@@H](Oc2cc(O)cc(-c3cc4ccc(O)cc4o3)c2)[C@H](O)[C@@H](O)[C@@H]1O. The molecule has 4 rings (SSSR count). The molecule has 0 bridgehead atoms. The topological polar surface area (TPSA) is 153 Å². The maximum atomic E-state index is 10.1. The van der Waals surface area contributed by atoms with Gasteiger partial charge in [-0.3, -0.25) is 0 Å². The number of aliphatic hydroxyl groups excluding tert-OH is 4. The van der Waals surface area contributed by atoms with Crippen LogP contribution in [0.3, 0.4) is 0 Å². The average molecular weight is 404 g/mol. The van der Waals surface area contributed by atoms with Crippen molar-refractivity contribution in [3.05, 3.63) is 42.5 Å². The highest BCUT2D eigenvalue weighted by Gasteiger charge is 2.44. The predicted molar refractivity (Wildman–Crippen MR) is 99.4 cm³/mol. The molecule has 2 heterocycles. The molecule has 0 spiro atoms. The first-order chi connectivity index (χ1) is 13.9. The Morgan fingerprint density at radius 3 is 2.41 bits per heavy atom. The van der Waals surface area contributed by atoms with Crippen molar-refractivity contribution in [3.63, 3.8) is 0 Å². The number of fused-ring (bicyclic) bond motifs is 1. The first-order valence-electron chi connectivity index (χ1n) is 8.90. The number of furan rings is 1. The van der Waals surface area contributed by atoms with Crippen LogP contribution in [0, 0.1) is 0 Å². The monoisotopic (exact) mass is 404 g/mol. The number of aromatic hydroxyl groups is 2. The van der Waals surface area contributed by atoms with Gasteiger partial charge >= 0.3 is 0 Å². The predicted octanol–water partition coefficient (Wildman–Crippen LogP) is 0.690. The minimum atomic E-state index is -1.58. The van der Waals surface area contributed by atoms with Crippen molar-refractivity contribution in [2.24, 2.45) is 0 Å². The number of hydrogen-bond acceptors (Lipinski definition) is 9. The van der Waals surface area contributed by atoms with Gasteiger partial charge in [0.05, 0.1) is 6.61 Å². The van der Waals surface area contributed by atoms with E-state index in [1.807, 2.05) is 0 Å². The second kappa shape index (κ2) is 7.54. The van der Waals surface area contributed by atoms with Crippen LogP contribution in [0.15, 0.2) is 46.9 Å². The second-order valence-electron chi connectivity index (χ2n) is 6.86. The average Bonchev–Trinajstić information content (AvgIpc) is 3.11. The van der Waals surface area contributed by atoms with Crippen LogP contribution in [0.4, 0.5) is 0 Å². The van der Waals surface area contributed by atoms with Crippen molar-refractivity contribution < 1.29 is 44.5 Å². The Morgan fingerprint density at radius 1 is 0.862 bits per heavy atom. The maximum absolute atomic E-state index is 10.1. The van der Waals surface area contributed by atoms with Gasteiger partial charge in [0.1, 0.15) is 53.0 Å². The van der Waals surface area contributed by atoms with Crippen molar-refractivity contribution in [1.82, 2.24) is 0 Å². The summed E-state index contributed by atoms with van der Waals surface area (Å²) >= 11 is 0. The molecule has 3 aromatic rings. The van der Waals surface area contributed by atoms with Gasteiger partial charge < -0.3 is 44.5 Å². The second-order valence-corrected chi connectivity index (χ2v) is 6.86. The number of phenols is 2. The third kappa shape index (κ3) is 3.74. The Hall–Kier alpha value is -2.82. The number of phenolic OH excluding ortho intramolecular Hbond substituents is 2. The van der Waals surface area contributed by atoms with Crippen LogP contribution in [0.2, 0.25) is 0 Å². The molecule has 6 N–H and O–H groups in total. The third-order valence-corrected chi connectivity index (χ3v) is 4.78. The first-order valence-corrected chi connectivity index (χ1v) is 8.90. The van der Waals surface area contributed by atoms with Gasteiger partial charge in [0.25, 0.3) is 0 Å². The number of aliphatic hydroxyl groups is 4. The summed E-state index contributed by atoms with van der Waals surface area (Å²) in [5.41, 5.74) is 0.917. The van der Waals surface area contributed by atoms with E-state index in [1.54, 1.807) is 12.1 Å². The van der Waals surface area contributed by atoms with E-state index in [2.05, 4.69) is 0 Å². The lowest BCUT2D eigenvalue weighted by atomic mass is 9.99. The quantitative estimate of drug-likeness (QED) is 0.369. The molecule has 5 atom stereocenters. The smallest absolute Gasteiger partial charge is 0.229 e. The number of ether oxygens (including phenoxy) is 2. The lowest BCUT2D eigenvalue weighted by Gasteiger charge is -2.39. The summed E-state index contributed by atoms with van der Waals surface area (Å²) in [5, 5.41) is 59.5. The van der Waals surface area contributed by atoms with Gasteiger partial charge in [0, 0.05) is 23.1 Å². The molecule has 0 amide bonds. The highest BCUT2D eigenvalue weighted by Crippen LogP contribution is 2.35. The molecule has 154 valence electrons. The first kappa shape index (κ1) is 19.5. The Bertz CT molecular complexity index is 1010. The van der Waals surface area contributed by atoms with Crippen LogP contribution in [0.1, 0.15) is 0 Å². The van der Waals surface area contributed by atoms with Crippen LogP contribution in [0.5, 0.6) is 17.2 Å². The molecule has 1 aromatic heterocycles. The molecular formula is C20H20O9. The normalized spacial score (nSPS) is 27.2. The van der Waals surface area contributed by atoms with Gasteiger partial charge in [-0.15, -0.1) is 0 Å². The summed E-state index contributed by atoms with van der Waals surface area (Å²) in [5.74, 6) is 0.416. The fourth-order valence-electron chi connectivity index (χ4n) is 3.25. The Labute approximate surface area is 164 Å². The Balaban J connectivity index is 1.62. The number of rotatable bonds is 4. The minimum Gasteiger partial charge on any atom is -0.508 e. The highest BCUT2D eigenvalue weighted by atomic mass is 16.7. The molecule has 0 unspecified atom stereocenters. The van der Waals surface area contributed by atoms with E-state index in [0.29, 0.717) is 16.9 Å². The zero-order chi connectivity index (χ0) is 20.7. The Kier molecular flexibility index (Phi) is 5.07. The fraction of sp³-hybridized carbons (Fsp3) is 0.300. The molecule has 1 fully saturated rings. The van der Waals surface area contributed by atoms with Gasteiger partial charge in [-0.1, -0.05) is 0 Å². The molecule has 9 heteroatoms. The van der Waals surface area contributed by atoms with Crippen molar-refractivity contribution in [1.29, 1.82) is 0 Å². The zero-order valence-electron chi connectivity index (χ0n) is 15.0. The van der Waals surface area contributed by atoms with E-state index < -0.39 is 37.3 Å². The molecule has 0 aliphatic carbocycles. The van der Waals surface area contributed by atoms with E-state index in [4.69, 9.17) is 13.9 Å². The molecule has 0 radical (unpaired) electrons. The number of benzene rings is 2. The molecule has 1 aliphatic heterocycles. The van der Waals surface area contributed by atoms with Gasteiger partial charge in [0.2, 0.25) is 6.29 Å². The van der Waals surface area contributed by atoms with Gasteiger partial charge in [-0.05, 0) is 30.3 Å². The maximum Gasteiger partial charge on any atom is 0.229 e. The molecule has 29 heavy (non-hydrogen) atoms.